The van der Waals surface area contributed by atoms with Gasteiger partial charge >= 0.3 is 0 Å². The number of piperazine rings is 1. The molecule has 1 aliphatic heterocycles. The molecule has 2 rings (SSSR count). The van der Waals surface area contributed by atoms with Crippen LogP contribution in [0.2, 0.25) is 0 Å². The van der Waals surface area contributed by atoms with Crippen LogP contribution in [0.25, 0.3) is 0 Å². The molecule has 0 atom stereocenters. The monoisotopic (exact) mass is 302 g/mol. The third-order valence-electron chi connectivity index (χ3n) is 3.10. The Morgan fingerprint density at radius 2 is 2.00 bits per heavy atom. The topological polar surface area (TPSA) is 78.7 Å². The van der Waals surface area contributed by atoms with Crippen LogP contribution in [0.3, 0.4) is 0 Å². The minimum absolute atomic E-state index is 0.0878. The van der Waals surface area contributed by atoms with E-state index in [0.29, 0.717) is 38.6 Å². The summed E-state index contributed by atoms with van der Waals surface area (Å²) in [4.78, 5) is 6.23. The summed E-state index contributed by atoms with van der Waals surface area (Å²) in [6, 6.07) is -0.0878. The fraction of sp³-hybridized carbons (Fsp3) is 0.750. The van der Waals surface area contributed by atoms with Crippen molar-refractivity contribution < 1.29 is 12.8 Å². The van der Waals surface area contributed by atoms with Crippen molar-refractivity contribution in [2.24, 2.45) is 0 Å². The lowest BCUT2D eigenvalue weighted by atomic mass is 10.3. The highest BCUT2D eigenvalue weighted by molar-refractivity contribution is 7.87. The van der Waals surface area contributed by atoms with Gasteiger partial charge < -0.3 is 4.42 Å². The summed E-state index contributed by atoms with van der Waals surface area (Å²) in [5.41, 5.74) is 0. The number of aromatic nitrogens is 1. The molecule has 0 amide bonds. The van der Waals surface area contributed by atoms with Crippen molar-refractivity contribution in [2.75, 3.05) is 26.2 Å². The molecule has 0 bridgehead atoms. The predicted molar refractivity (Wildman–Crippen MR) is 75.3 cm³/mol. The summed E-state index contributed by atoms with van der Waals surface area (Å²) in [5, 5.41) is 0. The van der Waals surface area contributed by atoms with Crippen LogP contribution in [0.4, 0.5) is 0 Å². The highest BCUT2D eigenvalue weighted by Gasteiger charge is 2.27. The zero-order valence-electron chi connectivity index (χ0n) is 12.2. The van der Waals surface area contributed by atoms with Gasteiger partial charge in [0.2, 0.25) is 0 Å². The first-order valence-corrected chi connectivity index (χ1v) is 8.22. The van der Waals surface area contributed by atoms with Gasteiger partial charge in [-0.3, -0.25) is 4.90 Å². The van der Waals surface area contributed by atoms with E-state index in [1.165, 1.54) is 4.31 Å². The second kappa shape index (κ2) is 6.21. The van der Waals surface area contributed by atoms with Gasteiger partial charge in [0.15, 0.2) is 5.89 Å². The molecule has 1 fully saturated rings. The lowest BCUT2D eigenvalue weighted by molar-refractivity contribution is 0.169. The third-order valence-corrected chi connectivity index (χ3v) is 4.92. The second-order valence-electron chi connectivity index (χ2n) is 5.30. The van der Waals surface area contributed by atoms with Gasteiger partial charge in [-0.1, -0.05) is 0 Å². The number of nitrogens with zero attached hydrogens (tertiary/aromatic N) is 3. The van der Waals surface area contributed by atoms with E-state index in [9.17, 15) is 8.42 Å². The first kappa shape index (κ1) is 15.4. The van der Waals surface area contributed by atoms with Crippen LogP contribution in [-0.2, 0) is 16.8 Å². The number of hydrogen-bond acceptors (Lipinski definition) is 5. The van der Waals surface area contributed by atoms with Crippen LogP contribution in [0.15, 0.2) is 10.6 Å². The molecule has 0 spiro atoms. The van der Waals surface area contributed by atoms with Crippen molar-refractivity contribution in [1.29, 1.82) is 0 Å². The van der Waals surface area contributed by atoms with Gasteiger partial charge in [-0.2, -0.15) is 17.4 Å². The Bertz CT molecular complexity index is 533. The number of rotatable bonds is 5. The average Bonchev–Trinajstić information content (AvgIpc) is 2.74. The van der Waals surface area contributed by atoms with Gasteiger partial charge in [0.1, 0.15) is 5.76 Å². The van der Waals surface area contributed by atoms with Crippen molar-refractivity contribution in [3.8, 4) is 0 Å². The summed E-state index contributed by atoms with van der Waals surface area (Å²) >= 11 is 0. The molecule has 114 valence electrons. The number of nitrogens with one attached hydrogen (secondary N) is 1. The van der Waals surface area contributed by atoms with E-state index >= 15 is 0 Å². The molecule has 1 aromatic heterocycles. The second-order valence-corrected chi connectivity index (χ2v) is 7.00. The minimum atomic E-state index is -3.35. The maximum atomic E-state index is 12.0. The number of oxazole rings is 1. The predicted octanol–water partition coefficient (Wildman–Crippen LogP) is 0.343. The Hall–Kier alpha value is -0.960. The standard InChI is InChI=1S/C12H22N4O3S/c1-10(2)14-20(17,18)16-6-4-15(5-7-16)9-12-8-13-11(3)19-12/h8,10,14H,4-7,9H2,1-3H3. The van der Waals surface area contributed by atoms with Crippen molar-refractivity contribution in [2.45, 2.75) is 33.4 Å². The minimum Gasteiger partial charge on any atom is -0.445 e. The fourth-order valence-electron chi connectivity index (χ4n) is 2.20. The molecule has 1 aromatic rings. The van der Waals surface area contributed by atoms with Crippen molar-refractivity contribution in [1.82, 2.24) is 18.9 Å². The Morgan fingerprint density at radius 1 is 1.35 bits per heavy atom. The molecule has 0 saturated carbocycles. The summed E-state index contributed by atoms with van der Waals surface area (Å²) in [6.45, 7) is 8.50. The zero-order chi connectivity index (χ0) is 14.8. The first-order valence-electron chi connectivity index (χ1n) is 6.78. The molecule has 20 heavy (non-hydrogen) atoms. The zero-order valence-corrected chi connectivity index (χ0v) is 13.0. The van der Waals surface area contributed by atoms with Crippen LogP contribution >= 0.6 is 0 Å². The van der Waals surface area contributed by atoms with Crippen LogP contribution < -0.4 is 4.72 Å². The lowest BCUT2D eigenvalue weighted by Gasteiger charge is -2.33. The highest BCUT2D eigenvalue weighted by atomic mass is 32.2. The molecule has 1 N–H and O–H groups in total. The van der Waals surface area contributed by atoms with Gasteiger partial charge in [0, 0.05) is 39.1 Å². The van der Waals surface area contributed by atoms with Gasteiger partial charge in [0.05, 0.1) is 12.7 Å². The van der Waals surface area contributed by atoms with E-state index in [1.54, 1.807) is 6.20 Å². The lowest BCUT2D eigenvalue weighted by Crippen LogP contribution is -2.52. The Morgan fingerprint density at radius 3 is 2.50 bits per heavy atom. The Labute approximate surface area is 120 Å². The molecule has 2 heterocycles. The van der Waals surface area contributed by atoms with Crippen LogP contribution in [0.1, 0.15) is 25.5 Å². The maximum Gasteiger partial charge on any atom is 0.279 e. The molecular weight excluding hydrogens is 280 g/mol. The maximum absolute atomic E-state index is 12.0. The molecule has 0 aliphatic carbocycles. The average molecular weight is 302 g/mol. The molecule has 1 aliphatic rings. The molecule has 1 saturated heterocycles. The van der Waals surface area contributed by atoms with Gasteiger partial charge in [-0.05, 0) is 13.8 Å². The summed E-state index contributed by atoms with van der Waals surface area (Å²) in [7, 11) is -3.35. The first-order chi connectivity index (χ1) is 9.37. The van der Waals surface area contributed by atoms with Gasteiger partial charge in [0.25, 0.3) is 10.2 Å². The third kappa shape index (κ3) is 4.02. The quantitative estimate of drug-likeness (QED) is 0.849. The Kier molecular flexibility index (Phi) is 4.79. The van der Waals surface area contributed by atoms with E-state index in [0.717, 1.165) is 5.76 Å². The molecule has 0 radical (unpaired) electrons. The van der Waals surface area contributed by atoms with Crippen LogP contribution in [0, 0.1) is 6.92 Å². The number of aryl methyl sites for hydroxylation is 1. The van der Waals surface area contributed by atoms with Gasteiger partial charge in [-0.25, -0.2) is 4.98 Å². The van der Waals surface area contributed by atoms with Crippen molar-refractivity contribution in [3.05, 3.63) is 17.8 Å². The molecule has 8 heteroatoms. The van der Waals surface area contributed by atoms with Crippen molar-refractivity contribution in [3.63, 3.8) is 0 Å². The largest absolute Gasteiger partial charge is 0.445 e. The van der Waals surface area contributed by atoms with E-state index in [-0.39, 0.29) is 6.04 Å². The molecular formula is C12H22N4O3S. The van der Waals surface area contributed by atoms with Gasteiger partial charge in [-0.15, -0.1) is 0 Å². The van der Waals surface area contributed by atoms with E-state index in [1.807, 2.05) is 20.8 Å². The highest BCUT2D eigenvalue weighted by Crippen LogP contribution is 2.11. The van der Waals surface area contributed by atoms with E-state index in [2.05, 4.69) is 14.6 Å². The molecule has 0 unspecified atom stereocenters. The smallest absolute Gasteiger partial charge is 0.279 e. The van der Waals surface area contributed by atoms with Crippen LogP contribution in [-0.4, -0.2) is 54.8 Å². The molecule has 7 nitrogen and oxygen atoms in total. The summed E-state index contributed by atoms with van der Waals surface area (Å²) in [6.07, 6.45) is 1.72. The molecule has 0 aromatic carbocycles. The fourth-order valence-corrected chi connectivity index (χ4v) is 3.59. The SMILES string of the molecule is Cc1ncc(CN2CCN(S(=O)(=O)NC(C)C)CC2)o1. The van der Waals surface area contributed by atoms with E-state index in [4.69, 9.17) is 4.42 Å². The Balaban J connectivity index is 1.86. The van der Waals surface area contributed by atoms with E-state index < -0.39 is 10.2 Å². The summed E-state index contributed by atoms with van der Waals surface area (Å²) < 4.78 is 33.6. The van der Waals surface area contributed by atoms with Crippen LogP contribution in [0.5, 0.6) is 0 Å². The summed E-state index contributed by atoms with van der Waals surface area (Å²) in [5.74, 6) is 1.47. The normalized spacial score (nSPS) is 18.8. The van der Waals surface area contributed by atoms with Crippen molar-refractivity contribution >= 4 is 10.2 Å². The number of hydrogen-bond donors (Lipinski definition) is 1.